The van der Waals surface area contributed by atoms with E-state index in [0.717, 1.165) is 16.7 Å². The van der Waals surface area contributed by atoms with E-state index in [9.17, 15) is 9.59 Å². The van der Waals surface area contributed by atoms with Crippen molar-refractivity contribution in [3.8, 4) is 22.6 Å². The first-order valence-electron chi connectivity index (χ1n) is 9.94. The fourth-order valence-electron chi connectivity index (χ4n) is 3.66. The molecule has 2 aromatic rings. The molecule has 0 saturated heterocycles. The minimum absolute atomic E-state index is 0.191. The fraction of sp³-hybridized carbons (Fsp3) is 0.409. The summed E-state index contributed by atoms with van der Waals surface area (Å²) in [5, 5.41) is 14.3. The minimum Gasteiger partial charge on any atom is -0.491 e. The quantitative estimate of drug-likeness (QED) is 0.627. The van der Waals surface area contributed by atoms with E-state index in [1.165, 1.54) is 6.92 Å². The second kappa shape index (κ2) is 9.02. The van der Waals surface area contributed by atoms with Gasteiger partial charge in [-0.2, -0.15) is 0 Å². The Balaban J connectivity index is 1.82. The SMILES string of the molecule is CC(=O)Nc1nccc2c1C(C)Oc1cc(OC[C@H](CC(C)C)NC(=O)O)ccc1-2. The van der Waals surface area contributed by atoms with E-state index in [4.69, 9.17) is 14.6 Å². The van der Waals surface area contributed by atoms with Crippen molar-refractivity contribution in [1.29, 1.82) is 0 Å². The lowest BCUT2D eigenvalue weighted by molar-refractivity contribution is -0.114. The Morgan fingerprint density at radius 1 is 1.27 bits per heavy atom. The van der Waals surface area contributed by atoms with Crippen molar-refractivity contribution in [2.75, 3.05) is 11.9 Å². The number of nitrogens with one attached hydrogen (secondary N) is 2. The summed E-state index contributed by atoms with van der Waals surface area (Å²) < 4.78 is 11.9. The van der Waals surface area contributed by atoms with E-state index < -0.39 is 6.09 Å². The van der Waals surface area contributed by atoms with Gasteiger partial charge in [-0.05, 0) is 43.0 Å². The zero-order valence-corrected chi connectivity index (χ0v) is 17.6. The largest absolute Gasteiger partial charge is 0.491 e. The van der Waals surface area contributed by atoms with Crippen molar-refractivity contribution < 1.29 is 24.2 Å². The van der Waals surface area contributed by atoms with Crippen LogP contribution in [0.15, 0.2) is 30.5 Å². The number of amides is 2. The summed E-state index contributed by atoms with van der Waals surface area (Å²) in [4.78, 5) is 26.8. The first-order chi connectivity index (χ1) is 14.2. The number of benzene rings is 1. The zero-order valence-electron chi connectivity index (χ0n) is 17.6. The van der Waals surface area contributed by atoms with Gasteiger partial charge in [0.25, 0.3) is 0 Å². The summed E-state index contributed by atoms with van der Waals surface area (Å²) in [6.07, 6.45) is 0.967. The number of pyridine rings is 1. The Morgan fingerprint density at radius 3 is 2.70 bits per heavy atom. The highest BCUT2D eigenvalue weighted by Gasteiger charge is 2.27. The second-order valence-electron chi connectivity index (χ2n) is 7.81. The van der Waals surface area contributed by atoms with Gasteiger partial charge in [-0.1, -0.05) is 13.8 Å². The molecule has 1 aromatic heterocycles. The molecule has 0 spiro atoms. The predicted octanol–water partition coefficient (Wildman–Crippen LogP) is 4.22. The normalized spacial score (nSPS) is 15.4. The molecule has 3 N–H and O–H groups in total. The number of ether oxygens (including phenoxy) is 2. The Labute approximate surface area is 175 Å². The van der Waals surface area contributed by atoms with Crippen LogP contribution >= 0.6 is 0 Å². The van der Waals surface area contributed by atoms with Crippen LogP contribution < -0.4 is 20.1 Å². The van der Waals surface area contributed by atoms with Crippen LogP contribution in [-0.4, -0.2) is 34.7 Å². The van der Waals surface area contributed by atoms with E-state index in [1.807, 2.05) is 39.0 Å². The molecule has 0 aliphatic carbocycles. The summed E-state index contributed by atoms with van der Waals surface area (Å²) in [5.74, 6) is 1.90. The van der Waals surface area contributed by atoms with Crippen LogP contribution in [0, 0.1) is 5.92 Å². The molecule has 2 amide bonds. The van der Waals surface area contributed by atoms with E-state index in [2.05, 4.69) is 15.6 Å². The topological polar surface area (TPSA) is 110 Å². The molecule has 160 valence electrons. The molecule has 8 nitrogen and oxygen atoms in total. The van der Waals surface area contributed by atoms with Gasteiger partial charge in [0.1, 0.15) is 30.0 Å². The Kier molecular flexibility index (Phi) is 6.44. The molecule has 8 heteroatoms. The van der Waals surface area contributed by atoms with Crippen molar-refractivity contribution in [1.82, 2.24) is 10.3 Å². The maximum atomic E-state index is 11.5. The minimum atomic E-state index is -1.06. The molecule has 30 heavy (non-hydrogen) atoms. The molecule has 1 unspecified atom stereocenters. The van der Waals surface area contributed by atoms with Gasteiger partial charge in [-0.3, -0.25) is 4.79 Å². The van der Waals surface area contributed by atoms with Crippen LogP contribution in [0.5, 0.6) is 11.5 Å². The van der Waals surface area contributed by atoms with Gasteiger partial charge in [0.05, 0.1) is 6.04 Å². The summed E-state index contributed by atoms with van der Waals surface area (Å²) >= 11 is 0. The molecule has 3 rings (SSSR count). The molecule has 0 bridgehead atoms. The number of rotatable bonds is 7. The standard InChI is InChI=1S/C22H27N3O5/c1-12(2)9-15(25-22(27)28)11-29-16-5-6-17-18-7-8-23-21(24-14(4)26)20(18)13(3)30-19(17)10-16/h5-8,10,12-13,15,25H,9,11H2,1-4H3,(H,27,28)(H,23,24,26)/t13?,15-/m0/s1. The number of hydrogen-bond acceptors (Lipinski definition) is 5. The van der Waals surface area contributed by atoms with Gasteiger partial charge in [-0.15, -0.1) is 0 Å². The molecular formula is C22H27N3O5. The summed E-state index contributed by atoms with van der Waals surface area (Å²) in [6, 6.07) is 7.13. The molecule has 1 aliphatic rings. The average molecular weight is 413 g/mol. The smallest absolute Gasteiger partial charge is 0.404 e. The number of aromatic nitrogens is 1. The molecule has 1 aliphatic heterocycles. The van der Waals surface area contributed by atoms with E-state index in [-0.39, 0.29) is 24.7 Å². The Morgan fingerprint density at radius 2 is 2.03 bits per heavy atom. The van der Waals surface area contributed by atoms with Gasteiger partial charge < -0.3 is 25.2 Å². The first kappa shape index (κ1) is 21.4. The van der Waals surface area contributed by atoms with Crippen molar-refractivity contribution in [2.24, 2.45) is 5.92 Å². The number of hydrogen-bond donors (Lipinski definition) is 3. The third-order valence-electron chi connectivity index (χ3n) is 4.77. The lowest BCUT2D eigenvalue weighted by atomic mass is 9.94. The molecule has 0 saturated carbocycles. The first-order valence-corrected chi connectivity index (χ1v) is 9.94. The number of carbonyl (C=O) groups excluding carboxylic acids is 1. The Hall–Kier alpha value is -3.29. The summed E-state index contributed by atoms with van der Waals surface area (Å²) in [7, 11) is 0. The number of anilines is 1. The average Bonchev–Trinajstić information content (AvgIpc) is 2.64. The maximum Gasteiger partial charge on any atom is 0.404 e. The third-order valence-corrected chi connectivity index (χ3v) is 4.77. The lowest BCUT2D eigenvalue weighted by Crippen LogP contribution is -2.39. The zero-order chi connectivity index (χ0) is 21.8. The molecule has 2 heterocycles. The molecule has 2 atom stereocenters. The van der Waals surface area contributed by atoms with E-state index in [0.29, 0.717) is 29.7 Å². The van der Waals surface area contributed by atoms with Crippen molar-refractivity contribution in [3.63, 3.8) is 0 Å². The monoisotopic (exact) mass is 413 g/mol. The number of carboxylic acid groups (broad SMARTS) is 1. The number of nitrogens with zero attached hydrogens (tertiary/aromatic N) is 1. The Bertz CT molecular complexity index is 944. The summed E-state index contributed by atoms with van der Waals surface area (Å²) in [6.45, 7) is 7.64. The molecule has 0 radical (unpaired) electrons. The van der Waals surface area contributed by atoms with Gasteiger partial charge >= 0.3 is 6.09 Å². The van der Waals surface area contributed by atoms with Crippen LogP contribution in [0.3, 0.4) is 0 Å². The molecule has 0 fully saturated rings. The van der Waals surface area contributed by atoms with Crippen molar-refractivity contribution in [3.05, 3.63) is 36.0 Å². The lowest BCUT2D eigenvalue weighted by Gasteiger charge is -2.28. The van der Waals surface area contributed by atoms with Gasteiger partial charge in [0, 0.05) is 30.3 Å². The molecular weight excluding hydrogens is 386 g/mol. The van der Waals surface area contributed by atoms with Gasteiger partial charge in [0.15, 0.2) is 0 Å². The van der Waals surface area contributed by atoms with Crippen molar-refractivity contribution >= 4 is 17.8 Å². The van der Waals surface area contributed by atoms with Crippen molar-refractivity contribution in [2.45, 2.75) is 46.3 Å². The third kappa shape index (κ3) is 5.00. The number of carbonyl (C=O) groups is 2. The van der Waals surface area contributed by atoms with E-state index in [1.54, 1.807) is 12.3 Å². The fourth-order valence-corrected chi connectivity index (χ4v) is 3.66. The van der Waals surface area contributed by atoms with Crippen LogP contribution in [-0.2, 0) is 4.79 Å². The van der Waals surface area contributed by atoms with E-state index >= 15 is 0 Å². The highest BCUT2D eigenvalue weighted by atomic mass is 16.5. The van der Waals surface area contributed by atoms with Crippen LogP contribution in [0.4, 0.5) is 10.6 Å². The predicted molar refractivity (Wildman–Crippen MR) is 113 cm³/mol. The van der Waals surface area contributed by atoms with Crippen LogP contribution in [0.1, 0.15) is 45.8 Å². The molecule has 1 aromatic carbocycles. The van der Waals surface area contributed by atoms with Gasteiger partial charge in [-0.25, -0.2) is 9.78 Å². The van der Waals surface area contributed by atoms with Crippen LogP contribution in [0.2, 0.25) is 0 Å². The van der Waals surface area contributed by atoms with Gasteiger partial charge in [0.2, 0.25) is 5.91 Å². The summed E-state index contributed by atoms with van der Waals surface area (Å²) in [5.41, 5.74) is 2.66. The number of fused-ring (bicyclic) bond motifs is 3. The highest BCUT2D eigenvalue weighted by molar-refractivity contribution is 5.91. The maximum absolute atomic E-state index is 11.5. The van der Waals surface area contributed by atoms with Crippen LogP contribution in [0.25, 0.3) is 11.1 Å². The second-order valence-corrected chi connectivity index (χ2v) is 7.81. The highest BCUT2D eigenvalue weighted by Crippen LogP contribution is 2.45.